The van der Waals surface area contributed by atoms with E-state index in [1.165, 1.54) is 6.21 Å². The van der Waals surface area contributed by atoms with Gasteiger partial charge in [0.25, 0.3) is 5.91 Å². The number of carbonyl (C=O) groups is 1. The van der Waals surface area contributed by atoms with Gasteiger partial charge in [0.2, 0.25) is 0 Å². The van der Waals surface area contributed by atoms with Crippen molar-refractivity contribution < 1.29 is 14.6 Å². The number of carbonyl (C=O) groups excluding carboxylic acids is 1. The van der Waals surface area contributed by atoms with Crippen LogP contribution in [0.2, 0.25) is 0 Å². The molecule has 0 aromatic heterocycles. The van der Waals surface area contributed by atoms with Gasteiger partial charge in [-0.1, -0.05) is 31.2 Å². The second-order valence-electron chi connectivity index (χ2n) is 4.64. The number of nitrogens with one attached hydrogen (secondary N) is 1. The van der Waals surface area contributed by atoms with Crippen LogP contribution < -0.4 is 10.2 Å². The van der Waals surface area contributed by atoms with Gasteiger partial charge in [-0.05, 0) is 36.2 Å². The first kappa shape index (κ1) is 15.6. The fourth-order valence-electron chi connectivity index (χ4n) is 1.82. The Morgan fingerprint density at radius 2 is 2.09 bits per heavy atom. The van der Waals surface area contributed by atoms with Crippen LogP contribution in [0.4, 0.5) is 0 Å². The van der Waals surface area contributed by atoms with Crippen LogP contribution in [0.15, 0.2) is 53.6 Å². The lowest BCUT2D eigenvalue weighted by Crippen LogP contribution is -2.18. The van der Waals surface area contributed by atoms with Crippen molar-refractivity contribution in [3.63, 3.8) is 0 Å². The maximum Gasteiger partial charge on any atom is 0.275 e. The molecule has 114 valence electrons. The second kappa shape index (κ2) is 7.83. The SMILES string of the molecule is CCCOc1ccccc1C(=O)N/N=C/c1cccc(O)c1. The largest absolute Gasteiger partial charge is 0.508 e. The first-order chi connectivity index (χ1) is 10.7. The molecule has 5 nitrogen and oxygen atoms in total. The standard InChI is InChI=1S/C17H18N2O3/c1-2-10-22-16-9-4-3-8-15(16)17(21)19-18-12-13-6-5-7-14(20)11-13/h3-9,11-12,20H,2,10H2,1H3,(H,19,21)/b18-12+. The van der Waals surface area contributed by atoms with E-state index in [-0.39, 0.29) is 11.7 Å². The highest BCUT2D eigenvalue weighted by atomic mass is 16.5. The van der Waals surface area contributed by atoms with Crippen molar-refractivity contribution in [2.24, 2.45) is 5.10 Å². The number of aromatic hydroxyl groups is 1. The molecule has 0 aliphatic carbocycles. The Morgan fingerprint density at radius 1 is 1.27 bits per heavy atom. The molecule has 0 heterocycles. The van der Waals surface area contributed by atoms with E-state index in [0.29, 0.717) is 23.5 Å². The van der Waals surface area contributed by atoms with Crippen LogP contribution in [0.25, 0.3) is 0 Å². The molecule has 22 heavy (non-hydrogen) atoms. The van der Waals surface area contributed by atoms with Crippen molar-refractivity contribution in [3.8, 4) is 11.5 Å². The smallest absolute Gasteiger partial charge is 0.275 e. The number of ether oxygens (including phenoxy) is 1. The van der Waals surface area contributed by atoms with Crippen molar-refractivity contribution in [2.75, 3.05) is 6.61 Å². The molecule has 0 atom stereocenters. The number of rotatable bonds is 6. The molecule has 0 bridgehead atoms. The van der Waals surface area contributed by atoms with E-state index in [1.807, 2.05) is 13.0 Å². The Morgan fingerprint density at radius 3 is 2.86 bits per heavy atom. The molecular weight excluding hydrogens is 280 g/mol. The molecule has 0 aliphatic rings. The number of hydrogen-bond acceptors (Lipinski definition) is 4. The number of hydrazone groups is 1. The van der Waals surface area contributed by atoms with Crippen molar-refractivity contribution >= 4 is 12.1 Å². The Hall–Kier alpha value is -2.82. The van der Waals surface area contributed by atoms with Gasteiger partial charge in [0.15, 0.2) is 0 Å². The summed E-state index contributed by atoms with van der Waals surface area (Å²) in [5.74, 6) is 0.339. The molecule has 0 saturated carbocycles. The average molecular weight is 298 g/mol. The predicted molar refractivity (Wildman–Crippen MR) is 85.4 cm³/mol. The predicted octanol–water partition coefficient (Wildman–Crippen LogP) is 2.94. The van der Waals surface area contributed by atoms with Crippen LogP contribution in [-0.4, -0.2) is 23.8 Å². The maximum absolute atomic E-state index is 12.1. The zero-order valence-corrected chi connectivity index (χ0v) is 12.3. The zero-order valence-electron chi connectivity index (χ0n) is 12.3. The minimum absolute atomic E-state index is 0.147. The lowest BCUT2D eigenvalue weighted by atomic mass is 10.2. The number of phenols is 1. The summed E-state index contributed by atoms with van der Waals surface area (Å²) in [5.41, 5.74) is 3.58. The number of phenolic OH excluding ortho intramolecular Hbond substituents is 1. The summed E-state index contributed by atoms with van der Waals surface area (Å²) in [6, 6.07) is 13.6. The zero-order chi connectivity index (χ0) is 15.8. The first-order valence-corrected chi connectivity index (χ1v) is 7.05. The molecule has 2 aromatic rings. The third-order valence-corrected chi connectivity index (χ3v) is 2.84. The van der Waals surface area contributed by atoms with Gasteiger partial charge in [0.1, 0.15) is 11.5 Å². The minimum Gasteiger partial charge on any atom is -0.508 e. The topological polar surface area (TPSA) is 70.9 Å². The molecule has 2 rings (SSSR count). The highest BCUT2D eigenvalue weighted by Crippen LogP contribution is 2.18. The van der Waals surface area contributed by atoms with Gasteiger partial charge in [-0.25, -0.2) is 5.43 Å². The normalized spacial score (nSPS) is 10.6. The Bertz CT molecular complexity index is 668. The third kappa shape index (κ3) is 4.34. The molecule has 0 spiro atoms. The molecular formula is C17H18N2O3. The highest BCUT2D eigenvalue weighted by molar-refractivity contribution is 5.97. The molecule has 0 fully saturated rings. The van der Waals surface area contributed by atoms with E-state index in [0.717, 1.165) is 6.42 Å². The molecule has 2 N–H and O–H groups in total. The van der Waals surface area contributed by atoms with Gasteiger partial charge in [-0.15, -0.1) is 0 Å². The quantitative estimate of drug-likeness (QED) is 0.636. The molecule has 2 aromatic carbocycles. The Kier molecular flexibility index (Phi) is 5.54. The van der Waals surface area contributed by atoms with Gasteiger partial charge in [-0.2, -0.15) is 5.10 Å². The first-order valence-electron chi connectivity index (χ1n) is 7.05. The van der Waals surface area contributed by atoms with Crippen LogP contribution in [0.1, 0.15) is 29.3 Å². The number of para-hydroxylation sites is 1. The number of amides is 1. The summed E-state index contributed by atoms with van der Waals surface area (Å²) in [7, 11) is 0. The summed E-state index contributed by atoms with van der Waals surface area (Å²) >= 11 is 0. The lowest BCUT2D eigenvalue weighted by molar-refractivity contribution is 0.0951. The van der Waals surface area contributed by atoms with Crippen LogP contribution in [0.5, 0.6) is 11.5 Å². The summed E-state index contributed by atoms with van der Waals surface area (Å²) in [6.45, 7) is 2.55. The number of nitrogens with zero attached hydrogens (tertiary/aromatic N) is 1. The Balaban J connectivity index is 2.03. The van der Waals surface area contributed by atoms with Crippen LogP contribution in [0, 0.1) is 0 Å². The minimum atomic E-state index is -0.344. The van der Waals surface area contributed by atoms with E-state index < -0.39 is 0 Å². The lowest BCUT2D eigenvalue weighted by Gasteiger charge is -2.09. The summed E-state index contributed by atoms with van der Waals surface area (Å²) in [6.07, 6.45) is 2.33. The second-order valence-corrected chi connectivity index (χ2v) is 4.64. The van der Waals surface area contributed by atoms with E-state index in [2.05, 4.69) is 10.5 Å². The molecule has 0 unspecified atom stereocenters. The van der Waals surface area contributed by atoms with E-state index in [1.54, 1.807) is 42.5 Å². The van der Waals surface area contributed by atoms with Gasteiger partial charge in [0, 0.05) is 0 Å². The van der Waals surface area contributed by atoms with E-state index in [4.69, 9.17) is 4.74 Å². The highest BCUT2D eigenvalue weighted by Gasteiger charge is 2.10. The average Bonchev–Trinajstić information content (AvgIpc) is 2.53. The third-order valence-electron chi connectivity index (χ3n) is 2.84. The maximum atomic E-state index is 12.1. The van der Waals surface area contributed by atoms with Crippen LogP contribution in [-0.2, 0) is 0 Å². The summed E-state index contributed by atoms with van der Waals surface area (Å²) in [5, 5.41) is 13.2. The molecule has 1 amide bonds. The fraction of sp³-hybridized carbons (Fsp3) is 0.176. The molecule has 0 saturated heterocycles. The van der Waals surface area contributed by atoms with E-state index in [9.17, 15) is 9.90 Å². The van der Waals surface area contributed by atoms with Gasteiger partial charge >= 0.3 is 0 Å². The molecule has 5 heteroatoms. The summed E-state index contributed by atoms with van der Waals surface area (Å²) in [4.78, 5) is 12.1. The van der Waals surface area contributed by atoms with Gasteiger partial charge in [-0.3, -0.25) is 4.79 Å². The van der Waals surface area contributed by atoms with Crippen molar-refractivity contribution in [2.45, 2.75) is 13.3 Å². The van der Waals surface area contributed by atoms with Crippen molar-refractivity contribution in [1.82, 2.24) is 5.43 Å². The fourth-order valence-corrected chi connectivity index (χ4v) is 1.82. The number of hydrogen-bond donors (Lipinski definition) is 2. The monoisotopic (exact) mass is 298 g/mol. The van der Waals surface area contributed by atoms with Crippen molar-refractivity contribution in [1.29, 1.82) is 0 Å². The van der Waals surface area contributed by atoms with Crippen LogP contribution in [0.3, 0.4) is 0 Å². The summed E-state index contributed by atoms with van der Waals surface area (Å²) < 4.78 is 5.54. The molecule has 0 radical (unpaired) electrons. The van der Waals surface area contributed by atoms with Gasteiger partial charge < -0.3 is 9.84 Å². The number of benzene rings is 2. The van der Waals surface area contributed by atoms with Crippen molar-refractivity contribution in [3.05, 3.63) is 59.7 Å². The van der Waals surface area contributed by atoms with Crippen LogP contribution >= 0.6 is 0 Å². The van der Waals surface area contributed by atoms with Gasteiger partial charge in [0.05, 0.1) is 18.4 Å². The molecule has 0 aliphatic heterocycles. The van der Waals surface area contributed by atoms with E-state index >= 15 is 0 Å². The Labute approximate surface area is 129 Å².